The molecule has 1 aromatic carbocycles. The van der Waals surface area contributed by atoms with Gasteiger partial charge < -0.3 is 10.1 Å². The lowest BCUT2D eigenvalue weighted by Crippen LogP contribution is -2.34. The van der Waals surface area contributed by atoms with Crippen LogP contribution in [-0.2, 0) is 11.2 Å². The molecule has 1 atom stereocenters. The molecule has 0 saturated carbocycles. The summed E-state index contributed by atoms with van der Waals surface area (Å²) in [6.45, 7) is 2.54. The topological polar surface area (TPSA) is 64.1 Å². The van der Waals surface area contributed by atoms with Crippen LogP contribution in [0.25, 0.3) is 11.1 Å². The van der Waals surface area contributed by atoms with Crippen molar-refractivity contribution in [2.75, 3.05) is 6.54 Å². The zero-order valence-electron chi connectivity index (χ0n) is 12.6. The van der Waals surface area contributed by atoms with Gasteiger partial charge in [-0.3, -0.25) is 4.79 Å². The number of carbonyl (C=O) groups excluding carboxylic acids is 1. The highest BCUT2D eigenvalue weighted by Crippen LogP contribution is 2.38. The number of nitrogens with zero attached hydrogens (tertiary/aromatic N) is 2. The third-order valence-corrected chi connectivity index (χ3v) is 3.70. The molecular formula is C17H19N3O2. The second kappa shape index (κ2) is 6.56. The summed E-state index contributed by atoms with van der Waals surface area (Å²) in [4.78, 5) is 19.7. The Kier molecular flexibility index (Phi) is 4.32. The summed E-state index contributed by atoms with van der Waals surface area (Å²) in [5, 5.41) is 2.93. The molecule has 0 fully saturated rings. The summed E-state index contributed by atoms with van der Waals surface area (Å²) in [7, 11) is 0. The molecule has 1 amide bonds. The number of carbonyl (C=O) groups is 1. The van der Waals surface area contributed by atoms with Crippen molar-refractivity contribution in [3.63, 3.8) is 0 Å². The molecule has 1 aliphatic heterocycles. The van der Waals surface area contributed by atoms with Crippen LogP contribution in [0.15, 0.2) is 36.9 Å². The van der Waals surface area contributed by atoms with Gasteiger partial charge in [0.05, 0.1) is 6.54 Å². The zero-order valence-corrected chi connectivity index (χ0v) is 12.6. The van der Waals surface area contributed by atoms with Crippen molar-refractivity contribution in [1.82, 2.24) is 15.3 Å². The fourth-order valence-electron chi connectivity index (χ4n) is 2.66. The molecule has 3 rings (SSSR count). The molecule has 0 spiro atoms. The minimum absolute atomic E-state index is 0.0124. The highest BCUT2D eigenvalue weighted by Gasteiger charge is 2.26. The monoisotopic (exact) mass is 297 g/mol. The van der Waals surface area contributed by atoms with Crippen molar-refractivity contribution in [2.45, 2.75) is 32.3 Å². The molecule has 0 saturated heterocycles. The van der Waals surface area contributed by atoms with E-state index in [-0.39, 0.29) is 12.0 Å². The Bertz CT molecular complexity index is 658. The number of rotatable bonds is 5. The number of hydrogen-bond acceptors (Lipinski definition) is 4. The van der Waals surface area contributed by atoms with Gasteiger partial charge in [-0.1, -0.05) is 25.1 Å². The SMILES string of the molecule is CCCC(=O)NCC1Cc2cccc(-c3cncnc3)c2O1. The first kappa shape index (κ1) is 14.5. The number of para-hydroxylation sites is 1. The van der Waals surface area contributed by atoms with Gasteiger partial charge in [0.2, 0.25) is 5.91 Å². The maximum absolute atomic E-state index is 11.6. The Hall–Kier alpha value is -2.43. The molecule has 0 radical (unpaired) electrons. The number of benzene rings is 1. The second-order valence-electron chi connectivity index (χ2n) is 5.42. The summed E-state index contributed by atoms with van der Waals surface area (Å²) < 4.78 is 6.05. The van der Waals surface area contributed by atoms with Crippen LogP contribution >= 0.6 is 0 Å². The first-order chi connectivity index (χ1) is 10.8. The molecular weight excluding hydrogens is 278 g/mol. The van der Waals surface area contributed by atoms with E-state index in [0.29, 0.717) is 13.0 Å². The highest BCUT2D eigenvalue weighted by atomic mass is 16.5. The van der Waals surface area contributed by atoms with E-state index in [1.807, 2.05) is 19.1 Å². The minimum Gasteiger partial charge on any atom is -0.487 e. The van der Waals surface area contributed by atoms with Gasteiger partial charge >= 0.3 is 0 Å². The molecule has 1 unspecified atom stereocenters. The maximum atomic E-state index is 11.6. The fourth-order valence-corrected chi connectivity index (χ4v) is 2.66. The number of hydrogen-bond donors (Lipinski definition) is 1. The number of ether oxygens (including phenoxy) is 1. The number of aromatic nitrogens is 2. The smallest absolute Gasteiger partial charge is 0.220 e. The van der Waals surface area contributed by atoms with Crippen molar-refractivity contribution in [1.29, 1.82) is 0 Å². The molecule has 2 aromatic rings. The van der Waals surface area contributed by atoms with Crippen LogP contribution < -0.4 is 10.1 Å². The van der Waals surface area contributed by atoms with Gasteiger partial charge in [0.25, 0.3) is 0 Å². The van der Waals surface area contributed by atoms with Crippen LogP contribution in [0, 0.1) is 0 Å². The van der Waals surface area contributed by atoms with Crippen molar-refractivity contribution in [3.8, 4) is 16.9 Å². The van der Waals surface area contributed by atoms with Crippen molar-refractivity contribution in [3.05, 3.63) is 42.5 Å². The molecule has 114 valence electrons. The van der Waals surface area contributed by atoms with E-state index >= 15 is 0 Å². The Balaban J connectivity index is 1.72. The maximum Gasteiger partial charge on any atom is 0.220 e. The van der Waals surface area contributed by atoms with Crippen LogP contribution in [0.2, 0.25) is 0 Å². The lowest BCUT2D eigenvalue weighted by atomic mass is 10.0. The van der Waals surface area contributed by atoms with Crippen LogP contribution in [0.4, 0.5) is 0 Å². The van der Waals surface area contributed by atoms with E-state index in [9.17, 15) is 4.79 Å². The number of nitrogens with one attached hydrogen (secondary N) is 1. The first-order valence-electron chi connectivity index (χ1n) is 7.58. The van der Waals surface area contributed by atoms with Crippen LogP contribution in [0.5, 0.6) is 5.75 Å². The molecule has 1 aromatic heterocycles. The second-order valence-corrected chi connectivity index (χ2v) is 5.42. The van der Waals surface area contributed by atoms with E-state index in [0.717, 1.165) is 35.3 Å². The molecule has 1 aliphatic rings. The third-order valence-electron chi connectivity index (χ3n) is 3.70. The average molecular weight is 297 g/mol. The lowest BCUT2D eigenvalue weighted by Gasteiger charge is -2.13. The summed E-state index contributed by atoms with van der Waals surface area (Å²) in [5.41, 5.74) is 3.10. The first-order valence-corrected chi connectivity index (χ1v) is 7.58. The summed E-state index contributed by atoms with van der Waals surface area (Å²) in [6, 6.07) is 6.09. The average Bonchev–Trinajstić information content (AvgIpc) is 2.97. The molecule has 5 nitrogen and oxygen atoms in total. The quantitative estimate of drug-likeness (QED) is 0.920. The van der Waals surface area contributed by atoms with Crippen molar-refractivity contribution in [2.24, 2.45) is 0 Å². The van der Waals surface area contributed by atoms with Gasteiger partial charge in [-0.2, -0.15) is 0 Å². The molecule has 2 heterocycles. The summed E-state index contributed by atoms with van der Waals surface area (Å²) in [5.74, 6) is 0.964. The molecule has 22 heavy (non-hydrogen) atoms. The van der Waals surface area contributed by atoms with Crippen LogP contribution in [-0.4, -0.2) is 28.5 Å². The highest BCUT2D eigenvalue weighted by molar-refractivity contribution is 5.76. The van der Waals surface area contributed by atoms with E-state index in [4.69, 9.17) is 4.74 Å². The van der Waals surface area contributed by atoms with E-state index in [2.05, 4.69) is 21.4 Å². The normalized spacial score (nSPS) is 16.0. The Labute approximate surface area is 129 Å². The largest absolute Gasteiger partial charge is 0.487 e. The zero-order chi connectivity index (χ0) is 15.4. The van der Waals surface area contributed by atoms with Gasteiger partial charge in [0.15, 0.2) is 0 Å². The van der Waals surface area contributed by atoms with Gasteiger partial charge in [0.1, 0.15) is 18.2 Å². The Morgan fingerprint density at radius 2 is 2.18 bits per heavy atom. The van der Waals surface area contributed by atoms with Gasteiger partial charge in [-0.25, -0.2) is 9.97 Å². The van der Waals surface area contributed by atoms with Crippen molar-refractivity contribution >= 4 is 5.91 Å². The number of amides is 1. The van der Waals surface area contributed by atoms with Gasteiger partial charge in [0, 0.05) is 36.4 Å². The van der Waals surface area contributed by atoms with Gasteiger partial charge in [-0.15, -0.1) is 0 Å². The Morgan fingerprint density at radius 3 is 2.95 bits per heavy atom. The van der Waals surface area contributed by atoms with E-state index < -0.39 is 0 Å². The molecule has 0 aliphatic carbocycles. The van der Waals surface area contributed by atoms with Crippen LogP contribution in [0.3, 0.4) is 0 Å². The predicted octanol–water partition coefficient (Wildman–Crippen LogP) is 2.36. The number of fused-ring (bicyclic) bond motifs is 1. The lowest BCUT2D eigenvalue weighted by molar-refractivity contribution is -0.121. The molecule has 1 N–H and O–H groups in total. The van der Waals surface area contributed by atoms with Crippen molar-refractivity contribution < 1.29 is 9.53 Å². The molecule has 0 bridgehead atoms. The van der Waals surface area contributed by atoms with Gasteiger partial charge in [-0.05, 0) is 12.0 Å². The third kappa shape index (κ3) is 3.08. The van der Waals surface area contributed by atoms with E-state index in [1.165, 1.54) is 6.33 Å². The van der Waals surface area contributed by atoms with Crippen LogP contribution in [0.1, 0.15) is 25.3 Å². The Morgan fingerprint density at radius 1 is 1.36 bits per heavy atom. The summed E-state index contributed by atoms with van der Waals surface area (Å²) >= 11 is 0. The summed E-state index contributed by atoms with van der Waals surface area (Å²) in [6.07, 6.45) is 7.29. The molecule has 5 heteroatoms. The minimum atomic E-state index is -0.0124. The standard InChI is InChI=1S/C17H19N3O2/c1-2-4-16(21)20-10-14-7-12-5-3-6-15(17(12)22-14)13-8-18-11-19-9-13/h3,5-6,8-9,11,14H,2,4,7,10H2,1H3,(H,20,21). The predicted molar refractivity (Wildman–Crippen MR) is 83.5 cm³/mol. The van der Waals surface area contributed by atoms with E-state index in [1.54, 1.807) is 12.4 Å². The fraction of sp³-hybridized carbons (Fsp3) is 0.353.